The van der Waals surface area contributed by atoms with Crippen molar-refractivity contribution in [1.82, 2.24) is 24.5 Å². The quantitative estimate of drug-likeness (QED) is 0.395. The third-order valence-corrected chi connectivity index (χ3v) is 14.7. The number of pyridine rings is 2. The molecule has 2 aliphatic heterocycles. The molecule has 1 amide bonds. The van der Waals surface area contributed by atoms with Crippen LogP contribution in [0.1, 0.15) is 62.7 Å². The molecule has 1 unspecified atom stereocenters. The van der Waals surface area contributed by atoms with Crippen LogP contribution in [0.4, 0.5) is 11.6 Å². The van der Waals surface area contributed by atoms with E-state index in [0.717, 1.165) is 24.5 Å². The fourth-order valence-electron chi connectivity index (χ4n) is 8.83. The summed E-state index contributed by atoms with van der Waals surface area (Å²) >= 11 is 0. The summed E-state index contributed by atoms with van der Waals surface area (Å²) in [5, 5.41) is 7.80. The van der Waals surface area contributed by atoms with Crippen molar-refractivity contribution < 1.29 is 17.9 Å². The Morgan fingerprint density at radius 3 is 2.52 bits per heavy atom. The molecule has 13 heteroatoms. The topological polar surface area (TPSA) is 131 Å². The van der Waals surface area contributed by atoms with E-state index < -0.39 is 26.0 Å². The van der Waals surface area contributed by atoms with E-state index in [1.165, 1.54) is 31.7 Å². The zero-order chi connectivity index (χ0) is 32.1. The average Bonchev–Trinajstić information content (AvgIpc) is 3.95. The van der Waals surface area contributed by atoms with Crippen molar-refractivity contribution in [2.24, 2.45) is 22.7 Å². The van der Waals surface area contributed by atoms with Gasteiger partial charge in [-0.05, 0) is 118 Å². The fourth-order valence-corrected chi connectivity index (χ4v) is 11.9. The highest BCUT2D eigenvalue weighted by atomic mass is 32.3. The smallest absolute Gasteiger partial charge is 0.281 e. The van der Waals surface area contributed by atoms with Crippen LogP contribution in [0.25, 0.3) is 5.82 Å². The minimum Gasteiger partial charge on any atom is -0.477 e. The predicted octanol–water partition coefficient (Wildman–Crippen LogP) is 4.79. The number of carbonyl (C=O) groups is 1. The lowest BCUT2D eigenvalue weighted by Crippen LogP contribution is -2.41. The molecule has 1 atom stereocenters. The molecule has 0 aromatic carbocycles. The van der Waals surface area contributed by atoms with Crippen molar-refractivity contribution >= 4 is 37.6 Å². The van der Waals surface area contributed by atoms with Crippen LogP contribution in [-0.4, -0.2) is 76.9 Å². The number of amides is 1. The molecule has 2 N–H and O–H groups in total. The number of nitrogens with one attached hydrogen (secondary N) is 2. The van der Waals surface area contributed by atoms with E-state index in [-0.39, 0.29) is 16.1 Å². The predicted molar refractivity (Wildman–Crippen MR) is 180 cm³/mol. The van der Waals surface area contributed by atoms with Gasteiger partial charge >= 0.3 is 0 Å². The maximum absolute atomic E-state index is 13.7. The van der Waals surface area contributed by atoms with Crippen molar-refractivity contribution in [2.75, 3.05) is 47.5 Å². The normalized spacial score (nSPS) is 26.7. The molecular formula is C33H43N7O4S2. The fraction of sp³-hybridized carbons (Fsp3) is 0.576. The number of hydrogen-bond acceptors (Lipinski definition) is 9. The Bertz CT molecular complexity index is 1810. The van der Waals surface area contributed by atoms with E-state index in [0.29, 0.717) is 59.1 Å². The molecule has 0 radical (unpaired) electrons. The lowest BCUT2D eigenvalue weighted by Gasteiger charge is -2.34. The molecule has 4 bridgehead atoms. The summed E-state index contributed by atoms with van der Waals surface area (Å²) < 4.78 is 36.7. The molecule has 46 heavy (non-hydrogen) atoms. The first-order chi connectivity index (χ1) is 21.8. The number of sulfonamides is 1. The van der Waals surface area contributed by atoms with Gasteiger partial charge in [-0.2, -0.15) is 8.42 Å². The number of nitrogens with zero attached hydrogens (tertiary/aromatic N) is 5. The lowest BCUT2D eigenvalue weighted by atomic mass is 9.97. The Morgan fingerprint density at radius 1 is 1.02 bits per heavy atom. The second kappa shape index (κ2) is 10.1. The Hall–Kier alpha value is -3.32. The Labute approximate surface area is 272 Å². The van der Waals surface area contributed by atoms with Crippen molar-refractivity contribution in [1.29, 1.82) is 0 Å². The summed E-state index contributed by atoms with van der Waals surface area (Å²) in [4.78, 5) is 25.2. The summed E-state index contributed by atoms with van der Waals surface area (Å²) in [6.07, 6.45) is 14.0. The zero-order valence-electron chi connectivity index (χ0n) is 27.0. The van der Waals surface area contributed by atoms with Crippen LogP contribution in [0.2, 0.25) is 0 Å². The highest BCUT2D eigenvalue weighted by molar-refractivity contribution is 8.32. The van der Waals surface area contributed by atoms with Crippen LogP contribution in [0.15, 0.2) is 47.6 Å². The van der Waals surface area contributed by atoms with Crippen molar-refractivity contribution in [2.45, 2.75) is 62.9 Å². The number of carbonyl (C=O) groups excluding carboxylic acids is 1. The van der Waals surface area contributed by atoms with Crippen molar-refractivity contribution in [3.63, 3.8) is 0 Å². The number of fused-ring (bicyclic) bond motifs is 7. The van der Waals surface area contributed by atoms with E-state index in [2.05, 4.69) is 51.4 Å². The molecule has 4 fully saturated rings. The van der Waals surface area contributed by atoms with Gasteiger partial charge in [0.15, 0.2) is 10.8 Å². The van der Waals surface area contributed by atoms with Gasteiger partial charge in [0.2, 0.25) is 5.88 Å². The van der Waals surface area contributed by atoms with Crippen molar-refractivity contribution in [3.05, 3.63) is 48.2 Å². The Balaban J connectivity index is 1.09. The molecule has 3 aromatic rings. The number of rotatable bonds is 5. The molecule has 3 aliphatic carbocycles. The maximum Gasteiger partial charge on any atom is 0.281 e. The Morgan fingerprint density at radius 2 is 1.78 bits per heavy atom. The largest absolute Gasteiger partial charge is 0.477 e. The summed E-state index contributed by atoms with van der Waals surface area (Å²) in [5.74, 6) is 4.16. The summed E-state index contributed by atoms with van der Waals surface area (Å²) in [6.45, 7) is 5.69. The molecule has 3 aromatic heterocycles. The highest BCUT2D eigenvalue weighted by Gasteiger charge is 2.85. The van der Waals surface area contributed by atoms with Crippen LogP contribution in [0.3, 0.4) is 0 Å². The van der Waals surface area contributed by atoms with Crippen LogP contribution < -0.4 is 19.7 Å². The van der Waals surface area contributed by atoms with Crippen molar-refractivity contribution in [3.8, 4) is 11.7 Å². The van der Waals surface area contributed by atoms with Crippen LogP contribution in [-0.2, 0) is 10.0 Å². The molecule has 3 saturated carbocycles. The molecule has 5 heterocycles. The van der Waals surface area contributed by atoms with E-state index in [4.69, 9.17) is 9.72 Å². The standard InChI is InChI=1S/C33H43N7O4S2/c1-31(2)18-22-19-39(31)29-23(30(41)38-46(42,43)28-7-5-6-25(35-28)34-21-45(3,4)20-22)8-9-26(36-29)40-16-10-27(37-40)44-17-11-24-32(12-13-32)33(24)14-15-33/h5-10,16,22,24H,11-15,17-21H2,1-4H3,(H,34,35)(H,38,41). The first-order valence-corrected chi connectivity index (χ1v) is 20.5. The van der Waals surface area contributed by atoms with Crippen LogP contribution in [0, 0.1) is 22.7 Å². The molecule has 8 rings (SSSR count). The molecular weight excluding hydrogens is 623 g/mol. The summed E-state index contributed by atoms with van der Waals surface area (Å²) in [7, 11) is -5.34. The van der Waals surface area contributed by atoms with Gasteiger partial charge in [-0.15, -0.1) is 5.10 Å². The SMILES string of the molecule is CC1(C)CC2CN1c1nc(-n3ccc(OCCC4C5(CC5)C45CC5)n3)ccc1C(=O)NS(=O)(=O)c1cccc(n1)NCS(C)(C)C2. The van der Waals surface area contributed by atoms with Gasteiger partial charge in [-0.1, -0.05) is 6.07 Å². The summed E-state index contributed by atoms with van der Waals surface area (Å²) in [6, 6.07) is 9.96. The molecule has 5 aliphatic rings. The number of hydrogen-bond donors (Lipinski definition) is 2. The van der Waals surface area contributed by atoms with Gasteiger partial charge in [0.25, 0.3) is 15.9 Å². The second-order valence-electron chi connectivity index (χ2n) is 15.2. The minimum absolute atomic E-state index is 0.188. The Kier molecular flexibility index (Phi) is 6.59. The van der Waals surface area contributed by atoms with Gasteiger partial charge < -0.3 is 15.0 Å². The van der Waals surface area contributed by atoms with E-state index in [9.17, 15) is 13.2 Å². The molecule has 2 spiro atoms. The first kappa shape index (κ1) is 30.0. The number of anilines is 2. The minimum atomic E-state index is -4.24. The molecule has 246 valence electrons. The van der Waals surface area contributed by atoms with Gasteiger partial charge in [-0.25, -0.2) is 29.4 Å². The number of aromatic nitrogens is 4. The highest BCUT2D eigenvalue weighted by Crippen LogP contribution is 2.93. The lowest BCUT2D eigenvalue weighted by molar-refractivity contribution is 0.0981. The van der Waals surface area contributed by atoms with Crippen LogP contribution in [0.5, 0.6) is 5.88 Å². The average molecular weight is 666 g/mol. The summed E-state index contributed by atoms with van der Waals surface area (Å²) in [5.41, 5.74) is 1.20. The van der Waals surface area contributed by atoms with Crippen LogP contribution >= 0.6 is 10.0 Å². The monoisotopic (exact) mass is 665 g/mol. The third kappa shape index (κ3) is 5.04. The molecule has 1 saturated heterocycles. The second-order valence-corrected chi connectivity index (χ2v) is 21.0. The zero-order valence-corrected chi connectivity index (χ0v) is 28.6. The van der Waals surface area contributed by atoms with E-state index in [1.54, 1.807) is 28.9 Å². The maximum atomic E-state index is 13.7. The van der Waals surface area contributed by atoms with E-state index in [1.807, 2.05) is 12.3 Å². The molecule has 11 nitrogen and oxygen atoms in total. The third-order valence-electron chi connectivity index (χ3n) is 11.2. The van der Waals surface area contributed by atoms with E-state index >= 15 is 0 Å². The van der Waals surface area contributed by atoms with Gasteiger partial charge in [0.05, 0.1) is 12.2 Å². The van der Waals surface area contributed by atoms with Gasteiger partial charge in [0, 0.05) is 30.2 Å². The van der Waals surface area contributed by atoms with Gasteiger partial charge in [0.1, 0.15) is 11.6 Å². The first-order valence-electron chi connectivity index (χ1n) is 16.3. The van der Waals surface area contributed by atoms with Gasteiger partial charge in [-0.3, -0.25) is 4.79 Å². The number of ether oxygens (including phenoxy) is 1.